The average Bonchev–Trinajstić information content (AvgIpc) is 2.87. The predicted molar refractivity (Wildman–Crippen MR) is 75.4 cm³/mol. The predicted octanol–water partition coefficient (Wildman–Crippen LogP) is 2.20. The largest absolute Gasteiger partial charge is 0.290 e. The number of benzene rings is 1. The van der Waals surface area contributed by atoms with Gasteiger partial charge in [0, 0.05) is 13.1 Å². The summed E-state index contributed by atoms with van der Waals surface area (Å²) in [5.41, 5.74) is 2.64. The Labute approximate surface area is 113 Å². The molecule has 4 heteroatoms. The average molecular weight is 254 g/mol. The molecule has 2 heterocycles. The van der Waals surface area contributed by atoms with Gasteiger partial charge in [-0.3, -0.25) is 4.90 Å². The fourth-order valence-electron chi connectivity index (χ4n) is 2.48. The van der Waals surface area contributed by atoms with E-state index in [0.29, 0.717) is 0 Å². The van der Waals surface area contributed by atoms with Gasteiger partial charge in [-0.05, 0) is 12.5 Å². The summed E-state index contributed by atoms with van der Waals surface area (Å²) >= 11 is 0. The van der Waals surface area contributed by atoms with Gasteiger partial charge >= 0.3 is 0 Å². The molecule has 0 unspecified atom stereocenters. The smallest absolute Gasteiger partial charge is 0.141 e. The first-order valence-corrected chi connectivity index (χ1v) is 6.62. The summed E-state index contributed by atoms with van der Waals surface area (Å²) in [6.07, 6.45) is 3.89. The molecule has 0 saturated heterocycles. The third-order valence-electron chi connectivity index (χ3n) is 3.37. The summed E-state index contributed by atoms with van der Waals surface area (Å²) in [5.74, 6) is 1.07. The Balaban J connectivity index is 1.65. The van der Waals surface area contributed by atoms with Crippen LogP contribution in [0.2, 0.25) is 0 Å². The van der Waals surface area contributed by atoms with Crippen molar-refractivity contribution in [1.82, 2.24) is 19.7 Å². The van der Waals surface area contributed by atoms with Gasteiger partial charge in [0.15, 0.2) is 0 Å². The highest BCUT2D eigenvalue weighted by Crippen LogP contribution is 2.12. The monoisotopic (exact) mass is 254 g/mol. The van der Waals surface area contributed by atoms with Crippen molar-refractivity contribution in [3.05, 3.63) is 53.6 Å². The molecule has 0 fully saturated rings. The molecule has 0 bridgehead atoms. The molecule has 4 nitrogen and oxygen atoms in total. The lowest BCUT2D eigenvalue weighted by Crippen LogP contribution is -2.35. The Kier molecular flexibility index (Phi) is 3.42. The lowest BCUT2D eigenvalue weighted by atomic mass is 10.1. The summed E-state index contributed by atoms with van der Waals surface area (Å²) in [7, 11) is 0. The van der Waals surface area contributed by atoms with E-state index >= 15 is 0 Å². The highest BCUT2D eigenvalue weighted by Gasteiger charge is 2.17. The van der Waals surface area contributed by atoms with Gasteiger partial charge < -0.3 is 0 Å². The van der Waals surface area contributed by atoms with Crippen molar-refractivity contribution in [1.29, 1.82) is 0 Å². The maximum atomic E-state index is 4.29. The third kappa shape index (κ3) is 2.90. The van der Waals surface area contributed by atoms with E-state index in [9.17, 15) is 0 Å². The third-order valence-corrected chi connectivity index (χ3v) is 3.37. The van der Waals surface area contributed by atoms with Gasteiger partial charge in [-0.1, -0.05) is 42.0 Å². The number of rotatable bonds is 3. The SMILES string of the molecule is C/C(=C\c1ccccc1)CN1CCn2ncnc2C1. The molecule has 3 rings (SSSR count). The second kappa shape index (κ2) is 5.36. The second-order valence-corrected chi connectivity index (χ2v) is 5.01. The summed E-state index contributed by atoms with van der Waals surface area (Å²) < 4.78 is 1.99. The Morgan fingerprint density at radius 3 is 2.95 bits per heavy atom. The molecule has 2 aromatic rings. The minimum absolute atomic E-state index is 0.889. The van der Waals surface area contributed by atoms with E-state index in [1.165, 1.54) is 11.1 Å². The van der Waals surface area contributed by atoms with Gasteiger partial charge in [-0.25, -0.2) is 9.67 Å². The van der Waals surface area contributed by atoms with E-state index < -0.39 is 0 Å². The van der Waals surface area contributed by atoms with Crippen molar-refractivity contribution in [3.63, 3.8) is 0 Å². The zero-order chi connectivity index (χ0) is 13.1. The quantitative estimate of drug-likeness (QED) is 0.842. The van der Waals surface area contributed by atoms with Crippen LogP contribution >= 0.6 is 0 Å². The molecule has 1 aromatic heterocycles. The van der Waals surface area contributed by atoms with Gasteiger partial charge in [-0.2, -0.15) is 5.10 Å². The lowest BCUT2D eigenvalue weighted by Gasteiger charge is -2.26. The van der Waals surface area contributed by atoms with Crippen molar-refractivity contribution in [3.8, 4) is 0 Å². The maximum Gasteiger partial charge on any atom is 0.141 e. The number of nitrogens with zero attached hydrogens (tertiary/aromatic N) is 4. The van der Waals surface area contributed by atoms with Crippen LogP contribution in [0.25, 0.3) is 6.08 Å². The van der Waals surface area contributed by atoms with E-state index in [-0.39, 0.29) is 0 Å². The number of fused-ring (bicyclic) bond motifs is 1. The maximum absolute atomic E-state index is 4.29. The van der Waals surface area contributed by atoms with E-state index in [2.05, 4.69) is 52.2 Å². The minimum atomic E-state index is 0.889. The van der Waals surface area contributed by atoms with Gasteiger partial charge in [-0.15, -0.1) is 0 Å². The fourth-order valence-corrected chi connectivity index (χ4v) is 2.48. The van der Waals surface area contributed by atoms with Crippen LogP contribution in [0.4, 0.5) is 0 Å². The molecule has 1 aliphatic rings. The van der Waals surface area contributed by atoms with Crippen LogP contribution < -0.4 is 0 Å². The zero-order valence-electron chi connectivity index (χ0n) is 11.2. The molecular formula is C15H18N4. The van der Waals surface area contributed by atoms with Crippen LogP contribution in [0.15, 0.2) is 42.2 Å². The first-order valence-electron chi connectivity index (χ1n) is 6.62. The van der Waals surface area contributed by atoms with E-state index in [4.69, 9.17) is 0 Å². The van der Waals surface area contributed by atoms with E-state index in [0.717, 1.165) is 32.0 Å². The van der Waals surface area contributed by atoms with Gasteiger partial charge in [0.2, 0.25) is 0 Å². The molecule has 98 valence electrons. The molecule has 0 saturated carbocycles. The van der Waals surface area contributed by atoms with Crippen molar-refractivity contribution >= 4 is 6.08 Å². The highest BCUT2D eigenvalue weighted by molar-refractivity contribution is 5.52. The summed E-state index contributed by atoms with van der Waals surface area (Å²) in [5, 5.41) is 4.20. The van der Waals surface area contributed by atoms with Gasteiger partial charge in [0.1, 0.15) is 12.2 Å². The molecule has 0 atom stereocenters. The number of hydrogen-bond acceptors (Lipinski definition) is 3. The van der Waals surface area contributed by atoms with Gasteiger partial charge in [0.25, 0.3) is 0 Å². The Morgan fingerprint density at radius 1 is 1.26 bits per heavy atom. The Morgan fingerprint density at radius 2 is 2.11 bits per heavy atom. The highest BCUT2D eigenvalue weighted by atomic mass is 15.4. The molecule has 1 aromatic carbocycles. The Bertz CT molecular complexity index is 571. The Hall–Kier alpha value is -1.94. The van der Waals surface area contributed by atoms with Crippen LogP contribution in [-0.4, -0.2) is 32.8 Å². The first-order chi connectivity index (χ1) is 9.31. The molecule has 19 heavy (non-hydrogen) atoms. The fraction of sp³-hybridized carbons (Fsp3) is 0.333. The molecule has 0 N–H and O–H groups in total. The van der Waals surface area contributed by atoms with E-state index in [1.54, 1.807) is 6.33 Å². The summed E-state index contributed by atoms with van der Waals surface area (Å²) in [6, 6.07) is 10.5. The van der Waals surface area contributed by atoms with Crippen molar-refractivity contribution < 1.29 is 0 Å². The number of aromatic nitrogens is 3. The van der Waals surface area contributed by atoms with Crippen LogP contribution in [0.3, 0.4) is 0 Å². The number of hydrogen-bond donors (Lipinski definition) is 0. The zero-order valence-corrected chi connectivity index (χ0v) is 11.2. The van der Waals surface area contributed by atoms with Crippen molar-refractivity contribution in [2.75, 3.05) is 13.1 Å². The molecule has 0 aliphatic carbocycles. The molecule has 0 spiro atoms. The lowest BCUT2D eigenvalue weighted by molar-refractivity contribution is 0.226. The van der Waals surface area contributed by atoms with Crippen LogP contribution in [0.5, 0.6) is 0 Å². The van der Waals surface area contributed by atoms with Gasteiger partial charge in [0.05, 0.1) is 13.1 Å². The molecule has 0 radical (unpaired) electrons. The first kappa shape index (κ1) is 12.1. The molecule has 0 amide bonds. The van der Waals surface area contributed by atoms with Crippen LogP contribution in [0, 0.1) is 0 Å². The normalized spacial score (nSPS) is 16.4. The second-order valence-electron chi connectivity index (χ2n) is 5.01. The van der Waals surface area contributed by atoms with Crippen LogP contribution in [-0.2, 0) is 13.1 Å². The molecular weight excluding hydrogens is 236 g/mol. The minimum Gasteiger partial charge on any atom is -0.290 e. The van der Waals surface area contributed by atoms with Crippen LogP contribution in [0.1, 0.15) is 18.3 Å². The standard InChI is InChI=1S/C15H18N4/c1-13(9-14-5-3-2-4-6-14)10-18-7-8-19-15(11-18)16-12-17-19/h2-6,9,12H,7-8,10-11H2,1H3/b13-9+. The van der Waals surface area contributed by atoms with Crippen molar-refractivity contribution in [2.45, 2.75) is 20.0 Å². The molecule has 1 aliphatic heterocycles. The van der Waals surface area contributed by atoms with E-state index in [1.807, 2.05) is 10.7 Å². The van der Waals surface area contributed by atoms with Crippen molar-refractivity contribution in [2.24, 2.45) is 0 Å². The summed E-state index contributed by atoms with van der Waals surface area (Å²) in [4.78, 5) is 6.70. The summed E-state index contributed by atoms with van der Waals surface area (Å²) in [6.45, 7) is 6.04. The topological polar surface area (TPSA) is 34.0 Å².